The maximum absolute atomic E-state index is 3.43. The first-order valence-electron chi connectivity index (χ1n) is 6.44. The van der Waals surface area contributed by atoms with Crippen LogP contribution in [0.3, 0.4) is 0 Å². The molecule has 2 aromatic rings. The Hall–Kier alpha value is -1.68. The fraction of sp³-hybridized carbons (Fsp3) is 0.250. The summed E-state index contributed by atoms with van der Waals surface area (Å²) in [7, 11) is 0. The van der Waals surface area contributed by atoms with E-state index < -0.39 is 0 Å². The molecule has 0 spiro atoms. The highest BCUT2D eigenvalue weighted by atomic mass is 16.0. The standard InChI is InChI=1S/C16H20N2.H2O/c1-3-7-15(8-4-1)13-17-11-12-18-14-16-9-5-2-6-10-16;/h1-10,17-18H,11-14H2;1H2. The number of rotatable bonds is 7. The molecule has 0 aliphatic heterocycles. The Morgan fingerprint density at radius 3 is 1.32 bits per heavy atom. The van der Waals surface area contributed by atoms with Gasteiger partial charge in [-0.2, -0.15) is 0 Å². The van der Waals surface area contributed by atoms with Crippen LogP contribution in [0.2, 0.25) is 0 Å². The van der Waals surface area contributed by atoms with Crippen molar-refractivity contribution in [1.29, 1.82) is 0 Å². The van der Waals surface area contributed by atoms with Gasteiger partial charge >= 0.3 is 0 Å². The molecular weight excluding hydrogens is 236 g/mol. The number of benzene rings is 2. The van der Waals surface area contributed by atoms with Crippen LogP contribution in [-0.2, 0) is 13.1 Å². The lowest BCUT2D eigenvalue weighted by atomic mass is 10.2. The fourth-order valence-electron chi connectivity index (χ4n) is 1.83. The second-order valence-electron chi connectivity index (χ2n) is 4.32. The highest BCUT2D eigenvalue weighted by Gasteiger charge is 1.92. The molecule has 0 saturated heterocycles. The largest absolute Gasteiger partial charge is 0.412 e. The van der Waals surface area contributed by atoms with Gasteiger partial charge in [0.2, 0.25) is 0 Å². The third-order valence-electron chi connectivity index (χ3n) is 2.82. The topological polar surface area (TPSA) is 55.6 Å². The molecule has 0 heterocycles. The van der Waals surface area contributed by atoms with Gasteiger partial charge in [0.1, 0.15) is 0 Å². The average molecular weight is 258 g/mol. The molecule has 2 rings (SSSR count). The third-order valence-corrected chi connectivity index (χ3v) is 2.82. The van der Waals surface area contributed by atoms with Crippen LogP contribution in [0.1, 0.15) is 11.1 Å². The maximum atomic E-state index is 3.43. The fourth-order valence-corrected chi connectivity index (χ4v) is 1.83. The van der Waals surface area contributed by atoms with E-state index in [4.69, 9.17) is 0 Å². The number of hydrogen-bond donors (Lipinski definition) is 2. The van der Waals surface area contributed by atoms with Crippen molar-refractivity contribution >= 4 is 0 Å². The maximum Gasteiger partial charge on any atom is 0.0206 e. The van der Waals surface area contributed by atoms with Crippen molar-refractivity contribution in [3.8, 4) is 0 Å². The van der Waals surface area contributed by atoms with Crippen molar-refractivity contribution in [2.45, 2.75) is 13.1 Å². The van der Waals surface area contributed by atoms with E-state index in [2.05, 4.69) is 59.2 Å². The Balaban J connectivity index is 0.00000180. The van der Waals surface area contributed by atoms with E-state index in [1.54, 1.807) is 0 Å². The molecule has 3 nitrogen and oxygen atoms in total. The highest BCUT2D eigenvalue weighted by Crippen LogP contribution is 1.97. The molecule has 0 amide bonds. The summed E-state index contributed by atoms with van der Waals surface area (Å²) in [6.07, 6.45) is 0. The van der Waals surface area contributed by atoms with Gasteiger partial charge in [-0.1, -0.05) is 60.7 Å². The summed E-state index contributed by atoms with van der Waals surface area (Å²) in [6.45, 7) is 3.85. The van der Waals surface area contributed by atoms with E-state index in [9.17, 15) is 0 Å². The highest BCUT2D eigenvalue weighted by molar-refractivity contribution is 5.15. The van der Waals surface area contributed by atoms with Gasteiger partial charge in [-0.3, -0.25) is 0 Å². The van der Waals surface area contributed by atoms with Crippen LogP contribution in [-0.4, -0.2) is 18.6 Å². The number of hydrogen-bond acceptors (Lipinski definition) is 2. The van der Waals surface area contributed by atoms with E-state index in [-0.39, 0.29) is 5.48 Å². The predicted octanol–water partition coefficient (Wildman–Crippen LogP) is 1.74. The molecule has 0 aliphatic rings. The molecule has 2 aromatic carbocycles. The van der Waals surface area contributed by atoms with Crippen LogP contribution in [0.4, 0.5) is 0 Å². The van der Waals surface area contributed by atoms with Crippen molar-refractivity contribution in [2.75, 3.05) is 13.1 Å². The van der Waals surface area contributed by atoms with Crippen LogP contribution >= 0.6 is 0 Å². The van der Waals surface area contributed by atoms with Crippen molar-refractivity contribution in [3.05, 3.63) is 71.8 Å². The smallest absolute Gasteiger partial charge is 0.0206 e. The van der Waals surface area contributed by atoms with E-state index in [0.717, 1.165) is 26.2 Å². The molecule has 4 N–H and O–H groups in total. The normalized spacial score (nSPS) is 9.89. The van der Waals surface area contributed by atoms with Gasteiger partial charge in [-0.15, -0.1) is 0 Å². The van der Waals surface area contributed by atoms with Gasteiger partial charge < -0.3 is 16.1 Å². The summed E-state index contributed by atoms with van der Waals surface area (Å²) in [5.41, 5.74) is 2.67. The molecule has 0 fully saturated rings. The van der Waals surface area contributed by atoms with Crippen molar-refractivity contribution in [1.82, 2.24) is 10.6 Å². The molecule has 0 aromatic heterocycles. The Kier molecular flexibility index (Phi) is 7.51. The van der Waals surface area contributed by atoms with E-state index in [1.165, 1.54) is 11.1 Å². The van der Waals surface area contributed by atoms with Crippen LogP contribution < -0.4 is 10.6 Å². The minimum absolute atomic E-state index is 0. The lowest BCUT2D eigenvalue weighted by Gasteiger charge is -2.06. The molecule has 0 radical (unpaired) electrons. The second-order valence-corrected chi connectivity index (χ2v) is 4.32. The van der Waals surface area contributed by atoms with E-state index in [1.807, 2.05) is 12.1 Å². The first-order chi connectivity index (χ1) is 8.95. The zero-order valence-electron chi connectivity index (χ0n) is 11.1. The Labute approximate surface area is 115 Å². The van der Waals surface area contributed by atoms with E-state index >= 15 is 0 Å². The second kappa shape index (κ2) is 9.28. The molecular formula is C16H22N2O. The van der Waals surface area contributed by atoms with Gasteiger partial charge in [0, 0.05) is 26.2 Å². The molecule has 0 saturated carbocycles. The molecule has 19 heavy (non-hydrogen) atoms. The summed E-state index contributed by atoms with van der Waals surface area (Å²) in [5.74, 6) is 0. The lowest BCUT2D eigenvalue weighted by Crippen LogP contribution is -2.26. The Morgan fingerprint density at radius 1 is 0.579 bits per heavy atom. The summed E-state index contributed by atoms with van der Waals surface area (Å²) < 4.78 is 0. The zero-order chi connectivity index (χ0) is 12.5. The SMILES string of the molecule is O.c1ccc(CNCCNCc2ccccc2)cc1. The molecule has 0 unspecified atom stereocenters. The molecule has 0 atom stereocenters. The van der Waals surface area contributed by atoms with Crippen molar-refractivity contribution in [2.24, 2.45) is 0 Å². The van der Waals surface area contributed by atoms with Gasteiger partial charge in [-0.05, 0) is 11.1 Å². The van der Waals surface area contributed by atoms with Crippen LogP contribution in [0.25, 0.3) is 0 Å². The lowest BCUT2D eigenvalue weighted by molar-refractivity contribution is 0.611. The summed E-state index contributed by atoms with van der Waals surface area (Å²) >= 11 is 0. The van der Waals surface area contributed by atoms with E-state index in [0.29, 0.717) is 0 Å². The quantitative estimate of drug-likeness (QED) is 0.743. The van der Waals surface area contributed by atoms with Crippen molar-refractivity contribution in [3.63, 3.8) is 0 Å². The Bertz CT molecular complexity index is 388. The first-order valence-corrected chi connectivity index (χ1v) is 6.44. The minimum Gasteiger partial charge on any atom is -0.412 e. The third kappa shape index (κ3) is 6.15. The predicted molar refractivity (Wildman–Crippen MR) is 79.9 cm³/mol. The van der Waals surface area contributed by atoms with Crippen LogP contribution in [0, 0.1) is 0 Å². The molecule has 102 valence electrons. The molecule has 0 aliphatic carbocycles. The molecule has 0 bridgehead atoms. The summed E-state index contributed by atoms with van der Waals surface area (Å²) in [6, 6.07) is 21.0. The van der Waals surface area contributed by atoms with Crippen molar-refractivity contribution < 1.29 is 5.48 Å². The average Bonchev–Trinajstić information content (AvgIpc) is 2.45. The number of nitrogens with one attached hydrogen (secondary N) is 2. The zero-order valence-corrected chi connectivity index (χ0v) is 11.1. The van der Waals surface area contributed by atoms with Crippen LogP contribution in [0.5, 0.6) is 0 Å². The first kappa shape index (κ1) is 15.4. The monoisotopic (exact) mass is 258 g/mol. The van der Waals surface area contributed by atoms with Gasteiger partial charge in [0.05, 0.1) is 0 Å². The molecule has 3 heteroatoms. The van der Waals surface area contributed by atoms with Gasteiger partial charge in [0.25, 0.3) is 0 Å². The van der Waals surface area contributed by atoms with Gasteiger partial charge in [-0.25, -0.2) is 0 Å². The van der Waals surface area contributed by atoms with Crippen LogP contribution in [0.15, 0.2) is 60.7 Å². The minimum atomic E-state index is 0. The summed E-state index contributed by atoms with van der Waals surface area (Å²) in [4.78, 5) is 0. The van der Waals surface area contributed by atoms with Gasteiger partial charge in [0.15, 0.2) is 0 Å². The Morgan fingerprint density at radius 2 is 0.947 bits per heavy atom. The summed E-state index contributed by atoms with van der Waals surface area (Å²) in [5, 5.41) is 6.85.